The maximum atomic E-state index is 8.04. The Kier molecular flexibility index (Phi) is 3.54. The van der Waals surface area contributed by atoms with E-state index in [4.69, 9.17) is 15.0 Å². The van der Waals surface area contributed by atoms with Crippen molar-refractivity contribution in [3.8, 4) is 0 Å². The maximum Gasteiger partial charge on any atom is 0.163 e. The lowest BCUT2D eigenvalue weighted by molar-refractivity contribution is -0.138. The Morgan fingerprint density at radius 3 is 2.92 bits per heavy atom. The molecule has 1 atom stereocenters. The zero-order chi connectivity index (χ0) is 9.73. The number of nitrogens with zero attached hydrogens (tertiary/aromatic N) is 3. The van der Waals surface area contributed by atoms with Crippen LogP contribution in [0.15, 0.2) is 5.11 Å². The molecule has 0 aromatic rings. The van der Waals surface area contributed by atoms with Gasteiger partial charge in [-0.1, -0.05) is 5.11 Å². The average Bonchev–Trinajstić information content (AvgIpc) is 2.40. The molecule has 0 aromatic carbocycles. The lowest BCUT2D eigenvalue weighted by atomic mass is 10.2. The number of hydrogen-bond acceptors (Lipinski definition) is 3. The molecule has 0 N–H and O–H groups in total. The van der Waals surface area contributed by atoms with Gasteiger partial charge in [-0.3, -0.25) is 0 Å². The van der Waals surface area contributed by atoms with Crippen LogP contribution in [0.25, 0.3) is 10.4 Å². The summed E-state index contributed by atoms with van der Waals surface area (Å²) in [5.74, 6) is -0.441. The number of ether oxygens (including phenoxy) is 2. The number of hydrogen-bond donors (Lipinski definition) is 0. The second kappa shape index (κ2) is 4.46. The topological polar surface area (TPSA) is 67.2 Å². The van der Waals surface area contributed by atoms with E-state index in [2.05, 4.69) is 10.0 Å². The minimum atomic E-state index is -0.441. The molecule has 0 amide bonds. The molecule has 0 saturated carbocycles. The maximum absolute atomic E-state index is 8.04. The summed E-state index contributed by atoms with van der Waals surface area (Å²) in [6.07, 6.45) is 1.90. The highest BCUT2D eigenvalue weighted by molar-refractivity contribution is 4.70. The normalized spacial score (nSPS) is 25.5. The number of azide groups is 1. The molecule has 1 saturated heterocycles. The van der Waals surface area contributed by atoms with Crippen LogP contribution in [0, 0.1) is 0 Å². The first-order valence-electron chi connectivity index (χ1n) is 4.47. The zero-order valence-corrected chi connectivity index (χ0v) is 8.06. The van der Waals surface area contributed by atoms with Gasteiger partial charge in [-0.15, -0.1) is 0 Å². The Morgan fingerprint density at radius 2 is 2.38 bits per heavy atom. The van der Waals surface area contributed by atoms with Gasteiger partial charge in [0.05, 0.1) is 12.7 Å². The fraction of sp³-hybridized carbons (Fsp3) is 1.00. The second-order valence-corrected chi connectivity index (χ2v) is 3.55. The molecule has 0 aliphatic carbocycles. The van der Waals surface area contributed by atoms with Gasteiger partial charge in [0.1, 0.15) is 0 Å². The van der Waals surface area contributed by atoms with E-state index in [0.717, 1.165) is 12.8 Å². The minimum Gasteiger partial charge on any atom is -0.348 e. The summed E-state index contributed by atoms with van der Waals surface area (Å²) in [7, 11) is 0. The third kappa shape index (κ3) is 3.63. The predicted molar refractivity (Wildman–Crippen MR) is 48.2 cm³/mol. The van der Waals surface area contributed by atoms with Crippen molar-refractivity contribution in [2.45, 2.75) is 38.6 Å². The molecule has 5 nitrogen and oxygen atoms in total. The predicted octanol–water partition coefficient (Wildman–Crippen LogP) is 2.23. The van der Waals surface area contributed by atoms with Crippen molar-refractivity contribution in [3.63, 3.8) is 0 Å². The highest BCUT2D eigenvalue weighted by Gasteiger charge is 2.31. The van der Waals surface area contributed by atoms with E-state index >= 15 is 0 Å². The largest absolute Gasteiger partial charge is 0.348 e. The van der Waals surface area contributed by atoms with Crippen molar-refractivity contribution < 1.29 is 9.47 Å². The van der Waals surface area contributed by atoms with Gasteiger partial charge in [0.15, 0.2) is 5.79 Å². The van der Waals surface area contributed by atoms with Crippen LogP contribution < -0.4 is 0 Å². The van der Waals surface area contributed by atoms with Crippen molar-refractivity contribution in [1.29, 1.82) is 0 Å². The fourth-order valence-corrected chi connectivity index (χ4v) is 1.34. The van der Waals surface area contributed by atoms with E-state index in [1.165, 1.54) is 0 Å². The molecule has 1 fully saturated rings. The third-order valence-electron chi connectivity index (χ3n) is 1.91. The first-order valence-corrected chi connectivity index (χ1v) is 4.47. The van der Waals surface area contributed by atoms with E-state index in [1.54, 1.807) is 0 Å². The van der Waals surface area contributed by atoms with Gasteiger partial charge in [0.2, 0.25) is 0 Å². The quantitative estimate of drug-likeness (QED) is 0.291. The van der Waals surface area contributed by atoms with Crippen LogP contribution >= 0.6 is 0 Å². The van der Waals surface area contributed by atoms with Crippen molar-refractivity contribution in [3.05, 3.63) is 10.4 Å². The summed E-state index contributed by atoms with van der Waals surface area (Å²) >= 11 is 0. The van der Waals surface area contributed by atoms with Gasteiger partial charge in [0.25, 0.3) is 0 Å². The first kappa shape index (κ1) is 10.3. The van der Waals surface area contributed by atoms with Crippen molar-refractivity contribution in [2.24, 2.45) is 5.11 Å². The highest BCUT2D eigenvalue weighted by atomic mass is 16.7. The molecule has 0 radical (unpaired) electrons. The van der Waals surface area contributed by atoms with Crippen LogP contribution in [0.4, 0.5) is 0 Å². The van der Waals surface area contributed by atoms with Gasteiger partial charge in [-0.2, -0.15) is 0 Å². The van der Waals surface area contributed by atoms with Gasteiger partial charge < -0.3 is 9.47 Å². The third-order valence-corrected chi connectivity index (χ3v) is 1.91. The summed E-state index contributed by atoms with van der Waals surface area (Å²) in [5.41, 5.74) is 8.04. The monoisotopic (exact) mass is 185 g/mol. The van der Waals surface area contributed by atoms with E-state index in [0.29, 0.717) is 13.2 Å². The molecule has 0 spiro atoms. The summed E-state index contributed by atoms with van der Waals surface area (Å²) < 4.78 is 11.0. The molecule has 0 bridgehead atoms. The molecule has 74 valence electrons. The Hall–Kier alpha value is -0.770. The van der Waals surface area contributed by atoms with Crippen LogP contribution in [-0.4, -0.2) is 25.0 Å². The molecule has 13 heavy (non-hydrogen) atoms. The summed E-state index contributed by atoms with van der Waals surface area (Å²) in [4.78, 5) is 2.68. The fourth-order valence-electron chi connectivity index (χ4n) is 1.34. The van der Waals surface area contributed by atoms with Crippen LogP contribution in [0.1, 0.15) is 26.7 Å². The van der Waals surface area contributed by atoms with Crippen LogP contribution in [-0.2, 0) is 9.47 Å². The molecule has 0 aromatic heterocycles. The molecular formula is C8H15N3O2. The van der Waals surface area contributed by atoms with Crippen molar-refractivity contribution >= 4 is 0 Å². The van der Waals surface area contributed by atoms with Gasteiger partial charge in [-0.05, 0) is 32.2 Å². The van der Waals surface area contributed by atoms with E-state index in [9.17, 15) is 0 Å². The zero-order valence-electron chi connectivity index (χ0n) is 8.06. The standard InChI is InChI=1S/C8H15N3O2/c1-8(2)12-6-7(13-8)4-3-5-10-11-9/h7H,3-6H2,1-2H3/t7-/m0/s1. The smallest absolute Gasteiger partial charge is 0.163 e. The summed E-state index contributed by atoms with van der Waals surface area (Å²) in [5, 5.41) is 3.45. The van der Waals surface area contributed by atoms with Gasteiger partial charge in [0, 0.05) is 11.5 Å². The Labute approximate surface area is 77.6 Å². The minimum absolute atomic E-state index is 0.156. The van der Waals surface area contributed by atoms with Crippen LogP contribution in [0.3, 0.4) is 0 Å². The lowest BCUT2D eigenvalue weighted by Crippen LogP contribution is -2.21. The van der Waals surface area contributed by atoms with E-state index in [1.807, 2.05) is 13.8 Å². The van der Waals surface area contributed by atoms with E-state index < -0.39 is 5.79 Å². The van der Waals surface area contributed by atoms with Crippen molar-refractivity contribution in [1.82, 2.24) is 0 Å². The number of rotatable bonds is 4. The SMILES string of the molecule is CC1(C)OC[C@H](CCCN=[N+]=[N-])O1. The van der Waals surface area contributed by atoms with Crippen molar-refractivity contribution in [2.75, 3.05) is 13.2 Å². The molecule has 1 heterocycles. The van der Waals surface area contributed by atoms with Crippen LogP contribution in [0.2, 0.25) is 0 Å². The van der Waals surface area contributed by atoms with Crippen LogP contribution in [0.5, 0.6) is 0 Å². The average molecular weight is 185 g/mol. The molecule has 1 aliphatic rings. The van der Waals surface area contributed by atoms with E-state index in [-0.39, 0.29) is 6.10 Å². The highest BCUT2D eigenvalue weighted by Crippen LogP contribution is 2.24. The Morgan fingerprint density at radius 1 is 1.62 bits per heavy atom. The lowest BCUT2D eigenvalue weighted by Gasteiger charge is -2.16. The summed E-state index contributed by atoms with van der Waals surface area (Å²) in [6.45, 7) is 4.99. The molecule has 1 aliphatic heterocycles. The molecule has 5 heteroatoms. The van der Waals surface area contributed by atoms with Gasteiger partial charge in [-0.25, -0.2) is 0 Å². The second-order valence-electron chi connectivity index (χ2n) is 3.55. The molecule has 1 rings (SSSR count). The molecular weight excluding hydrogens is 170 g/mol. The molecule has 0 unspecified atom stereocenters. The Balaban J connectivity index is 2.14. The van der Waals surface area contributed by atoms with Gasteiger partial charge >= 0.3 is 0 Å². The summed E-state index contributed by atoms with van der Waals surface area (Å²) in [6, 6.07) is 0. The first-order chi connectivity index (χ1) is 6.14. The Bertz CT molecular complexity index is 211.